The highest BCUT2D eigenvalue weighted by atomic mass is 16.7. The first-order valence-electron chi connectivity index (χ1n) is 13.5. The van der Waals surface area contributed by atoms with E-state index in [9.17, 15) is 50.8 Å². The Morgan fingerprint density at radius 1 is 0.744 bits per heavy atom. The molecule has 15 nitrogen and oxygen atoms in total. The van der Waals surface area contributed by atoms with Gasteiger partial charge in [-0.25, -0.2) is 0 Å². The number of ether oxygens (including phenoxy) is 5. The summed E-state index contributed by atoms with van der Waals surface area (Å²) in [6, 6.07) is 8.76. The standard InChI is InChI=1S/C28H36O15/c1-39-26-16(40-27-24(37)22(35)20(33)18(10-29)42-27)8-13(15(32)7-4-12-2-5-14(31)6-3-12)9-17(26)41-28-25(38)23(36)21(34)19(11-30)43-28/h2-3,5-6,8-9,18-25,27-31,33-38H,4,7,10-11H2,1H3. The average Bonchev–Trinajstić information content (AvgIpc) is 3.00. The first kappa shape index (κ1) is 32.8. The third kappa shape index (κ3) is 7.18. The molecule has 2 aliphatic rings. The molecule has 0 aliphatic carbocycles. The minimum Gasteiger partial charge on any atom is -0.508 e. The summed E-state index contributed by atoms with van der Waals surface area (Å²) in [5, 5.41) is 90.2. The molecule has 2 aromatic carbocycles. The zero-order chi connectivity index (χ0) is 31.4. The van der Waals surface area contributed by atoms with Crippen molar-refractivity contribution in [1.82, 2.24) is 0 Å². The van der Waals surface area contributed by atoms with Crippen LogP contribution in [-0.4, -0.2) is 133 Å². The van der Waals surface area contributed by atoms with Crippen LogP contribution in [0.1, 0.15) is 22.3 Å². The molecular formula is C28H36O15. The van der Waals surface area contributed by atoms with E-state index in [4.69, 9.17) is 23.7 Å². The van der Waals surface area contributed by atoms with Gasteiger partial charge in [0.05, 0.1) is 20.3 Å². The zero-order valence-corrected chi connectivity index (χ0v) is 23.0. The number of aliphatic hydroxyl groups excluding tert-OH is 8. The van der Waals surface area contributed by atoms with Crippen LogP contribution in [0.4, 0.5) is 0 Å². The fraction of sp³-hybridized carbons (Fsp3) is 0.536. The predicted octanol–water partition coefficient (Wildman–Crippen LogP) is -2.43. The lowest BCUT2D eigenvalue weighted by Crippen LogP contribution is -2.60. The van der Waals surface area contributed by atoms with Gasteiger partial charge in [-0.2, -0.15) is 0 Å². The van der Waals surface area contributed by atoms with Crippen molar-refractivity contribution in [1.29, 1.82) is 0 Å². The Balaban J connectivity index is 1.68. The van der Waals surface area contributed by atoms with Gasteiger partial charge in [0.1, 0.15) is 54.6 Å². The second-order valence-electron chi connectivity index (χ2n) is 10.2. The third-order valence-electron chi connectivity index (χ3n) is 7.31. The number of hydrogen-bond acceptors (Lipinski definition) is 15. The lowest BCUT2D eigenvalue weighted by Gasteiger charge is -2.40. The number of rotatable bonds is 11. The molecule has 2 saturated heterocycles. The van der Waals surface area contributed by atoms with Crippen molar-refractivity contribution in [3.63, 3.8) is 0 Å². The molecule has 2 aromatic rings. The number of phenolic OH excluding ortho intramolecular Hbond substituents is 1. The number of aromatic hydroxyl groups is 1. The van der Waals surface area contributed by atoms with Crippen molar-refractivity contribution in [3.8, 4) is 23.0 Å². The third-order valence-corrected chi connectivity index (χ3v) is 7.31. The number of ketones is 1. The van der Waals surface area contributed by atoms with Crippen LogP contribution < -0.4 is 14.2 Å². The smallest absolute Gasteiger partial charge is 0.229 e. The normalized spacial score (nSPS) is 32.7. The number of Topliss-reactive ketones (excluding diaryl/α,β-unsaturated/α-hetero) is 1. The minimum atomic E-state index is -1.80. The van der Waals surface area contributed by atoms with E-state index in [1.807, 2.05) is 0 Å². The van der Waals surface area contributed by atoms with Crippen molar-refractivity contribution in [2.45, 2.75) is 74.3 Å². The number of benzene rings is 2. The number of methoxy groups -OCH3 is 1. The zero-order valence-electron chi connectivity index (χ0n) is 23.0. The van der Waals surface area contributed by atoms with E-state index < -0.39 is 80.4 Å². The number of phenols is 1. The summed E-state index contributed by atoms with van der Waals surface area (Å²) < 4.78 is 27.8. The summed E-state index contributed by atoms with van der Waals surface area (Å²) in [6.07, 6.45) is -16.1. The van der Waals surface area contributed by atoms with Crippen LogP contribution in [0.25, 0.3) is 0 Å². The maximum atomic E-state index is 13.3. The molecule has 2 heterocycles. The largest absolute Gasteiger partial charge is 0.508 e. The molecule has 0 saturated carbocycles. The van der Waals surface area contributed by atoms with Crippen LogP contribution >= 0.6 is 0 Å². The van der Waals surface area contributed by atoms with Crippen molar-refractivity contribution in [3.05, 3.63) is 47.5 Å². The maximum absolute atomic E-state index is 13.3. The van der Waals surface area contributed by atoms with Gasteiger partial charge in [-0.3, -0.25) is 4.79 Å². The molecule has 2 fully saturated rings. The van der Waals surface area contributed by atoms with Gasteiger partial charge in [-0.15, -0.1) is 0 Å². The molecule has 0 amide bonds. The first-order chi connectivity index (χ1) is 20.5. The highest BCUT2D eigenvalue weighted by molar-refractivity contribution is 5.97. The lowest BCUT2D eigenvalue weighted by molar-refractivity contribution is -0.279. The number of hydrogen-bond donors (Lipinski definition) is 9. The molecule has 238 valence electrons. The Hall–Kier alpha value is -3.09. The molecule has 10 unspecified atom stereocenters. The molecule has 0 bridgehead atoms. The van der Waals surface area contributed by atoms with Crippen LogP contribution in [0.15, 0.2) is 36.4 Å². The van der Waals surface area contributed by atoms with Crippen LogP contribution in [0.5, 0.6) is 23.0 Å². The van der Waals surface area contributed by atoms with Crippen molar-refractivity contribution in [2.75, 3.05) is 20.3 Å². The van der Waals surface area contributed by atoms with E-state index in [-0.39, 0.29) is 41.4 Å². The molecule has 0 spiro atoms. The molecule has 2 aliphatic heterocycles. The van der Waals surface area contributed by atoms with E-state index in [1.54, 1.807) is 12.1 Å². The number of carbonyl (C=O) groups is 1. The van der Waals surface area contributed by atoms with Crippen molar-refractivity contribution < 1.29 is 74.4 Å². The predicted molar refractivity (Wildman–Crippen MR) is 143 cm³/mol. The Kier molecular flexibility index (Phi) is 10.8. The van der Waals surface area contributed by atoms with Crippen molar-refractivity contribution in [2.24, 2.45) is 0 Å². The Bertz CT molecular complexity index is 1160. The van der Waals surface area contributed by atoms with Crippen LogP contribution in [0.2, 0.25) is 0 Å². The summed E-state index contributed by atoms with van der Waals surface area (Å²) in [6.45, 7) is -1.44. The lowest BCUT2D eigenvalue weighted by atomic mass is 9.99. The molecule has 0 radical (unpaired) electrons. The maximum Gasteiger partial charge on any atom is 0.229 e. The molecular weight excluding hydrogens is 576 g/mol. The van der Waals surface area contributed by atoms with Gasteiger partial charge in [0.15, 0.2) is 17.3 Å². The summed E-state index contributed by atoms with van der Waals surface area (Å²) in [7, 11) is 1.21. The van der Waals surface area contributed by atoms with Gasteiger partial charge in [-0.05, 0) is 36.2 Å². The number of aryl methyl sites for hydroxylation is 1. The quantitative estimate of drug-likeness (QED) is 0.120. The molecule has 10 atom stereocenters. The molecule has 9 N–H and O–H groups in total. The average molecular weight is 613 g/mol. The Labute approximate surface area is 245 Å². The number of carbonyl (C=O) groups excluding carboxylic acids is 1. The molecule has 4 rings (SSSR count). The summed E-state index contributed by atoms with van der Waals surface area (Å²) >= 11 is 0. The molecule has 43 heavy (non-hydrogen) atoms. The van der Waals surface area contributed by atoms with Crippen LogP contribution in [-0.2, 0) is 15.9 Å². The SMILES string of the molecule is COc1c(OC2OC(CO)C(O)C(O)C2O)cc(C(=O)CCc2ccc(O)cc2)cc1OC1OC(CO)C(O)C(O)C1O. The van der Waals surface area contributed by atoms with Crippen molar-refractivity contribution >= 4 is 5.78 Å². The monoisotopic (exact) mass is 612 g/mol. The highest BCUT2D eigenvalue weighted by Crippen LogP contribution is 2.42. The second-order valence-corrected chi connectivity index (χ2v) is 10.2. The molecule has 0 aromatic heterocycles. The van der Waals surface area contributed by atoms with E-state index in [0.717, 1.165) is 5.56 Å². The van der Waals surface area contributed by atoms with Gasteiger partial charge < -0.3 is 69.6 Å². The van der Waals surface area contributed by atoms with Crippen LogP contribution in [0, 0.1) is 0 Å². The highest BCUT2D eigenvalue weighted by Gasteiger charge is 2.46. The Morgan fingerprint density at radius 2 is 1.21 bits per heavy atom. The Morgan fingerprint density at radius 3 is 1.63 bits per heavy atom. The fourth-order valence-electron chi connectivity index (χ4n) is 4.76. The first-order valence-corrected chi connectivity index (χ1v) is 13.5. The van der Waals surface area contributed by atoms with Gasteiger partial charge in [-0.1, -0.05) is 12.1 Å². The summed E-state index contributed by atoms with van der Waals surface area (Å²) in [5.74, 6) is -1.06. The van der Waals surface area contributed by atoms with Gasteiger partial charge >= 0.3 is 0 Å². The molecule has 15 heteroatoms. The number of aliphatic hydroxyl groups is 8. The minimum absolute atomic E-state index is 0.00115. The second kappa shape index (κ2) is 14.1. The van der Waals surface area contributed by atoms with E-state index in [1.165, 1.54) is 31.4 Å². The fourth-order valence-corrected chi connectivity index (χ4v) is 4.76. The van der Waals surface area contributed by atoms with E-state index in [2.05, 4.69) is 0 Å². The van der Waals surface area contributed by atoms with E-state index >= 15 is 0 Å². The topological polar surface area (TPSA) is 245 Å². The summed E-state index contributed by atoms with van der Waals surface area (Å²) in [5.41, 5.74) is 0.758. The van der Waals surface area contributed by atoms with Crippen LogP contribution in [0.3, 0.4) is 0 Å². The summed E-state index contributed by atoms with van der Waals surface area (Å²) in [4.78, 5) is 13.3. The van der Waals surface area contributed by atoms with Gasteiger partial charge in [0.25, 0.3) is 0 Å². The van der Waals surface area contributed by atoms with Gasteiger partial charge in [0.2, 0.25) is 18.3 Å². The van der Waals surface area contributed by atoms with Gasteiger partial charge in [0, 0.05) is 12.0 Å². The van der Waals surface area contributed by atoms with E-state index in [0.29, 0.717) is 0 Å².